The number of rotatable bonds is 5. The molecular formula is C18H15F3N6O2S2. The first kappa shape index (κ1) is 21.3. The van der Waals surface area contributed by atoms with E-state index in [4.69, 9.17) is 0 Å². The van der Waals surface area contributed by atoms with Gasteiger partial charge in [-0.15, -0.1) is 16.4 Å². The summed E-state index contributed by atoms with van der Waals surface area (Å²) in [5.41, 5.74) is 0.152. The summed E-state index contributed by atoms with van der Waals surface area (Å²) in [7, 11) is 0. The van der Waals surface area contributed by atoms with Crippen LogP contribution in [0.25, 0.3) is 0 Å². The zero-order chi connectivity index (χ0) is 22.0. The van der Waals surface area contributed by atoms with E-state index in [1.54, 1.807) is 6.07 Å². The Labute approximate surface area is 182 Å². The van der Waals surface area contributed by atoms with Gasteiger partial charge in [0.05, 0.1) is 30.1 Å². The highest BCUT2D eigenvalue weighted by atomic mass is 32.2. The van der Waals surface area contributed by atoms with Crippen LogP contribution < -0.4 is 10.2 Å². The smallest absolute Gasteiger partial charge is 0.324 e. The quantitative estimate of drug-likeness (QED) is 0.579. The third-order valence-corrected chi connectivity index (χ3v) is 6.29. The fourth-order valence-electron chi connectivity index (χ4n) is 3.14. The van der Waals surface area contributed by atoms with E-state index in [0.717, 1.165) is 16.6 Å². The van der Waals surface area contributed by atoms with Crippen LogP contribution >= 0.6 is 23.1 Å². The lowest BCUT2D eigenvalue weighted by atomic mass is 10.1. The van der Waals surface area contributed by atoms with Crippen LogP contribution in [0.5, 0.6) is 0 Å². The molecular weight excluding hydrogens is 453 g/mol. The minimum atomic E-state index is -4.78. The Morgan fingerprint density at radius 1 is 1.26 bits per heavy atom. The fraction of sp³-hybridized carbons (Fsp3) is 0.278. The van der Waals surface area contributed by atoms with Crippen molar-refractivity contribution in [2.45, 2.75) is 30.3 Å². The fourth-order valence-corrected chi connectivity index (χ4v) is 4.56. The van der Waals surface area contributed by atoms with Gasteiger partial charge in [0.25, 0.3) is 0 Å². The molecule has 0 aliphatic carbocycles. The maximum atomic E-state index is 13.8. The van der Waals surface area contributed by atoms with Gasteiger partial charge in [0.15, 0.2) is 0 Å². The van der Waals surface area contributed by atoms with Crippen molar-refractivity contribution < 1.29 is 22.8 Å². The molecule has 0 bridgehead atoms. The topological polar surface area (TPSA) is 93.0 Å². The van der Waals surface area contributed by atoms with Gasteiger partial charge in [0.2, 0.25) is 17.0 Å². The number of thiophene rings is 1. The van der Waals surface area contributed by atoms with E-state index in [9.17, 15) is 22.8 Å². The van der Waals surface area contributed by atoms with E-state index in [1.165, 1.54) is 34.2 Å². The number of para-hydroxylation sites is 2. The van der Waals surface area contributed by atoms with Crippen molar-refractivity contribution in [3.63, 3.8) is 0 Å². The molecule has 13 heteroatoms. The largest absolute Gasteiger partial charge is 0.409 e. The van der Waals surface area contributed by atoms with E-state index in [1.807, 2.05) is 17.5 Å². The van der Waals surface area contributed by atoms with Crippen LogP contribution in [0.4, 0.5) is 24.5 Å². The van der Waals surface area contributed by atoms with E-state index in [-0.39, 0.29) is 17.1 Å². The summed E-state index contributed by atoms with van der Waals surface area (Å²) in [4.78, 5) is 26.7. The van der Waals surface area contributed by atoms with Gasteiger partial charge in [-0.1, -0.05) is 30.0 Å². The lowest BCUT2D eigenvalue weighted by molar-refractivity contribution is -0.157. The van der Waals surface area contributed by atoms with Gasteiger partial charge in [-0.2, -0.15) is 13.2 Å². The van der Waals surface area contributed by atoms with E-state index >= 15 is 0 Å². The molecule has 1 aliphatic heterocycles. The molecule has 4 rings (SSSR count). The second-order valence-corrected chi connectivity index (χ2v) is 8.55. The summed E-state index contributed by atoms with van der Waals surface area (Å²) in [6, 6.07) is 7.43. The molecule has 0 saturated carbocycles. The molecule has 0 saturated heterocycles. The van der Waals surface area contributed by atoms with Crippen LogP contribution in [0.15, 0.2) is 46.9 Å². The molecule has 0 fully saturated rings. The van der Waals surface area contributed by atoms with Crippen LogP contribution in [-0.2, 0) is 16.1 Å². The maximum absolute atomic E-state index is 13.8. The Balaban J connectivity index is 1.58. The van der Waals surface area contributed by atoms with Crippen molar-refractivity contribution in [1.82, 2.24) is 20.2 Å². The Hall–Kier alpha value is -2.93. The first-order chi connectivity index (χ1) is 14.8. The maximum Gasteiger partial charge on any atom is 0.409 e. The Morgan fingerprint density at radius 3 is 2.81 bits per heavy atom. The van der Waals surface area contributed by atoms with Gasteiger partial charge < -0.3 is 5.32 Å². The van der Waals surface area contributed by atoms with Crippen molar-refractivity contribution in [1.29, 1.82) is 0 Å². The lowest BCUT2D eigenvalue weighted by Gasteiger charge is -2.31. The Bertz CT molecular complexity index is 1090. The summed E-state index contributed by atoms with van der Waals surface area (Å²) < 4.78 is 42.8. The zero-order valence-corrected chi connectivity index (χ0v) is 17.4. The highest BCUT2D eigenvalue weighted by Gasteiger charge is 2.48. The van der Waals surface area contributed by atoms with E-state index in [0.29, 0.717) is 16.6 Å². The number of amides is 2. The molecule has 0 radical (unpaired) electrons. The molecule has 1 atom stereocenters. The number of anilines is 2. The Morgan fingerprint density at radius 2 is 2.06 bits per heavy atom. The Kier molecular flexibility index (Phi) is 5.96. The minimum absolute atomic E-state index is 0.000507. The summed E-state index contributed by atoms with van der Waals surface area (Å²) in [6.45, 7) is 0.386. The van der Waals surface area contributed by atoms with E-state index in [2.05, 4.69) is 20.8 Å². The van der Waals surface area contributed by atoms with Gasteiger partial charge in [-0.05, 0) is 34.0 Å². The second-order valence-electron chi connectivity index (χ2n) is 6.58. The molecule has 8 nitrogen and oxygen atoms in total. The molecule has 1 unspecified atom stereocenters. The summed E-state index contributed by atoms with van der Waals surface area (Å²) in [6.07, 6.45) is -5.67. The van der Waals surface area contributed by atoms with Crippen molar-refractivity contribution in [3.8, 4) is 0 Å². The van der Waals surface area contributed by atoms with Gasteiger partial charge in [0, 0.05) is 4.88 Å². The third-order valence-electron chi connectivity index (χ3n) is 4.48. The minimum Gasteiger partial charge on any atom is -0.324 e. The number of aromatic nitrogens is 4. The predicted molar refractivity (Wildman–Crippen MR) is 109 cm³/mol. The SMILES string of the molecule is O=C1CC(C(F)(F)F)N(C(=O)CSc2nnnn2Cc2cccs2)c2ccccc2N1. The number of nitrogens with zero attached hydrogens (tertiary/aromatic N) is 5. The standard InChI is InChI=1S/C18H15F3N6O2S2/c19-18(20,21)14-8-15(28)22-12-5-1-2-6-13(12)27(14)16(29)10-31-17-23-24-25-26(17)9-11-4-3-7-30-11/h1-7,14H,8-10H2,(H,22,28). The lowest BCUT2D eigenvalue weighted by Crippen LogP contribution is -2.50. The summed E-state index contributed by atoms with van der Waals surface area (Å²) in [5.74, 6) is -1.94. The average molecular weight is 468 g/mol. The number of hydrogen-bond donors (Lipinski definition) is 1. The number of fused-ring (bicyclic) bond motifs is 1. The molecule has 2 amide bonds. The first-order valence-electron chi connectivity index (χ1n) is 9.02. The third kappa shape index (κ3) is 4.71. The van der Waals surface area contributed by atoms with E-state index < -0.39 is 30.5 Å². The molecule has 1 N–H and O–H groups in total. The van der Waals surface area contributed by atoms with Crippen molar-refractivity contribution in [3.05, 3.63) is 46.7 Å². The summed E-state index contributed by atoms with van der Waals surface area (Å²) >= 11 is 2.45. The van der Waals surface area contributed by atoms with Gasteiger partial charge in [-0.3, -0.25) is 14.5 Å². The van der Waals surface area contributed by atoms with Crippen molar-refractivity contribution in [2.24, 2.45) is 0 Å². The number of alkyl halides is 3. The molecule has 31 heavy (non-hydrogen) atoms. The first-order valence-corrected chi connectivity index (χ1v) is 10.9. The van der Waals surface area contributed by atoms with Crippen molar-refractivity contribution >= 4 is 46.3 Å². The number of carbonyl (C=O) groups excluding carboxylic acids is 2. The van der Waals surface area contributed by atoms with Gasteiger partial charge in [0.1, 0.15) is 6.04 Å². The number of benzene rings is 1. The average Bonchev–Trinajstić information content (AvgIpc) is 3.35. The number of tetrazole rings is 1. The highest BCUT2D eigenvalue weighted by Crippen LogP contribution is 2.38. The van der Waals surface area contributed by atoms with Crippen LogP contribution in [0.3, 0.4) is 0 Å². The highest BCUT2D eigenvalue weighted by molar-refractivity contribution is 7.99. The van der Waals surface area contributed by atoms with Crippen LogP contribution in [0.1, 0.15) is 11.3 Å². The van der Waals surface area contributed by atoms with Crippen LogP contribution in [-0.4, -0.2) is 50.0 Å². The monoisotopic (exact) mass is 468 g/mol. The molecule has 1 aliphatic rings. The molecule has 1 aromatic carbocycles. The number of nitrogens with one attached hydrogen (secondary N) is 1. The van der Waals surface area contributed by atoms with Crippen LogP contribution in [0.2, 0.25) is 0 Å². The number of thioether (sulfide) groups is 1. The predicted octanol–water partition coefficient (Wildman–Crippen LogP) is 3.18. The van der Waals surface area contributed by atoms with Crippen molar-refractivity contribution in [2.75, 3.05) is 16.0 Å². The number of hydrogen-bond acceptors (Lipinski definition) is 7. The second kappa shape index (κ2) is 8.67. The molecule has 3 aromatic rings. The normalized spacial score (nSPS) is 16.5. The molecule has 0 spiro atoms. The molecule has 3 heterocycles. The summed E-state index contributed by atoms with van der Waals surface area (Å²) in [5, 5.41) is 16.0. The zero-order valence-electron chi connectivity index (χ0n) is 15.7. The van der Waals surface area contributed by atoms with Crippen LogP contribution in [0, 0.1) is 0 Å². The number of carbonyl (C=O) groups is 2. The van der Waals surface area contributed by atoms with Gasteiger partial charge in [-0.25, -0.2) is 4.68 Å². The molecule has 162 valence electrons. The number of halogens is 3. The molecule has 2 aromatic heterocycles. The van der Waals surface area contributed by atoms with Gasteiger partial charge >= 0.3 is 6.18 Å².